The zero-order valence-corrected chi connectivity index (χ0v) is 12.1. The van der Waals surface area contributed by atoms with Crippen LogP contribution in [0.1, 0.15) is 29.6 Å². The van der Waals surface area contributed by atoms with Crippen LogP contribution in [0.15, 0.2) is 23.1 Å². The monoisotopic (exact) mass is 317 g/mol. The molecule has 1 aliphatic rings. The molecule has 8 heteroatoms. The van der Waals surface area contributed by atoms with E-state index in [1.165, 1.54) is 0 Å². The highest BCUT2D eigenvalue weighted by atomic mass is 32.2. The topological polar surface area (TPSA) is 95.7 Å². The van der Waals surface area contributed by atoms with Crippen LogP contribution in [0.25, 0.3) is 0 Å². The lowest BCUT2D eigenvalue weighted by Gasteiger charge is -2.22. The molecule has 0 saturated carbocycles. The summed E-state index contributed by atoms with van der Waals surface area (Å²) in [5.74, 6) is -1.75. The third-order valence-electron chi connectivity index (χ3n) is 3.15. The number of sulfonamides is 1. The lowest BCUT2D eigenvalue weighted by Crippen LogP contribution is -2.26. The third-order valence-corrected chi connectivity index (χ3v) is 4.07. The van der Waals surface area contributed by atoms with Crippen LogP contribution >= 0.6 is 0 Å². The average molecular weight is 317 g/mol. The molecule has 1 unspecified atom stereocenters. The van der Waals surface area contributed by atoms with Gasteiger partial charge in [-0.3, -0.25) is 0 Å². The molecule has 0 aromatic heterocycles. The molecule has 2 rings (SSSR count). The molecular formula is C13H16FNO5S. The molecule has 1 heterocycles. The van der Waals surface area contributed by atoms with Gasteiger partial charge in [-0.25, -0.2) is 22.7 Å². The fourth-order valence-electron chi connectivity index (χ4n) is 2.04. The SMILES string of the molecule is NS(=O)(=O)c1cc(C(=O)OCC2CCCCO2)ccc1F. The first-order valence-corrected chi connectivity index (χ1v) is 8.03. The predicted octanol–water partition coefficient (Wildman–Crippen LogP) is 1.20. The van der Waals surface area contributed by atoms with Gasteiger partial charge in [0.15, 0.2) is 0 Å². The van der Waals surface area contributed by atoms with Gasteiger partial charge in [0, 0.05) is 6.61 Å². The van der Waals surface area contributed by atoms with Gasteiger partial charge in [0.2, 0.25) is 10.0 Å². The van der Waals surface area contributed by atoms with E-state index in [1.54, 1.807) is 0 Å². The molecule has 1 aromatic carbocycles. The van der Waals surface area contributed by atoms with E-state index in [2.05, 4.69) is 0 Å². The summed E-state index contributed by atoms with van der Waals surface area (Å²) >= 11 is 0. The van der Waals surface area contributed by atoms with Gasteiger partial charge < -0.3 is 9.47 Å². The van der Waals surface area contributed by atoms with Crippen molar-refractivity contribution in [1.29, 1.82) is 0 Å². The van der Waals surface area contributed by atoms with Crippen LogP contribution in [0.2, 0.25) is 0 Å². The normalized spacial score (nSPS) is 19.2. The van der Waals surface area contributed by atoms with Gasteiger partial charge in [0.1, 0.15) is 17.3 Å². The van der Waals surface area contributed by atoms with E-state index in [4.69, 9.17) is 14.6 Å². The maximum Gasteiger partial charge on any atom is 0.338 e. The number of rotatable bonds is 4. The molecule has 2 N–H and O–H groups in total. The van der Waals surface area contributed by atoms with E-state index in [0.29, 0.717) is 6.61 Å². The molecule has 6 nitrogen and oxygen atoms in total. The van der Waals surface area contributed by atoms with E-state index in [9.17, 15) is 17.6 Å². The standard InChI is InChI=1S/C13H16FNO5S/c14-11-5-4-9(7-12(11)21(15,17)18)13(16)20-8-10-3-1-2-6-19-10/h4-5,7,10H,1-3,6,8H2,(H2,15,17,18). The fraction of sp³-hybridized carbons (Fsp3) is 0.462. The number of carbonyl (C=O) groups is 1. The lowest BCUT2D eigenvalue weighted by molar-refractivity contribution is -0.0300. The molecule has 1 saturated heterocycles. The second kappa shape index (κ2) is 6.50. The zero-order valence-electron chi connectivity index (χ0n) is 11.2. The van der Waals surface area contributed by atoms with E-state index in [0.717, 1.165) is 37.5 Å². The van der Waals surface area contributed by atoms with Gasteiger partial charge in [-0.15, -0.1) is 0 Å². The molecule has 0 bridgehead atoms. The highest BCUT2D eigenvalue weighted by Gasteiger charge is 2.20. The quantitative estimate of drug-likeness (QED) is 0.842. The molecule has 0 spiro atoms. The number of benzene rings is 1. The summed E-state index contributed by atoms with van der Waals surface area (Å²) in [5.41, 5.74) is -0.0729. The first-order chi connectivity index (χ1) is 9.88. The molecule has 1 aliphatic heterocycles. The highest BCUT2D eigenvalue weighted by Crippen LogP contribution is 2.17. The van der Waals surface area contributed by atoms with Crippen LogP contribution < -0.4 is 5.14 Å². The number of halogens is 1. The van der Waals surface area contributed by atoms with Crippen LogP contribution in [0.4, 0.5) is 4.39 Å². The summed E-state index contributed by atoms with van der Waals surface area (Å²) in [6.07, 6.45) is 2.65. The number of hydrogen-bond donors (Lipinski definition) is 1. The van der Waals surface area contributed by atoms with E-state index < -0.39 is 26.7 Å². The molecule has 21 heavy (non-hydrogen) atoms. The van der Waals surface area contributed by atoms with Crippen LogP contribution in [0.5, 0.6) is 0 Å². The summed E-state index contributed by atoms with van der Waals surface area (Å²) in [7, 11) is -4.23. The Morgan fingerprint density at radius 1 is 1.43 bits per heavy atom. The van der Waals surface area contributed by atoms with Crippen molar-refractivity contribution in [3.63, 3.8) is 0 Å². The Hall–Kier alpha value is -1.51. The van der Waals surface area contributed by atoms with Crippen molar-refractivity contribution in [3.05, 3.63) is 29.6 Å². The number of esters is 1. The van der Waals surface area contributed by atoms with Crippen LogP contribution in [0, 0.1) is 5.82 Å². The molecule has 1 aromatic rings. The van der Waals surface area contributed by atoms with Gasteiger partial charge in [-0.2, -0.15) is 0 Å². The van der Waals surface area contributed by atoms with Gasteiger partial charge in [0.05, 0.1) is 11.7 Å². The van der Waals surface area contributed by atoms with E-state index in [1.807, 2.05) is 0 Å². The van der Waals surface area contributed by atoms with Crippen molar-refractivity contribution in [2.24, 2.45) is 5.14 Å². The van der Waals surface area contributed by atoms with Gasteiger partial charge >= 0.3 is 5.97 Å². The summed E-state index contributed by atoms with van der Waals surface area (Å²) in [4.78, 5) is 11.1. The van der Waals surface area contributed by atoms with Crippen molar-refractivity contribution < 1.29 is 27.1 Å². The Kier molecular flexibility index (Phi) is 4.92. The average Bonchev–Trinajstić information content (AvgIpc) is 2.45. The van der Waals surface area contributed by atoms with E-state index >= 15 is 0 Å². The molecule has 0 radical (unpaired) electrons. The first-order valence-electron chi connectivity index (χ1n) is 6.49. The van der Waals surface area contributed by atoms with E-state index in [-0.39, 0.29) is 18.3 Å². The molecule has 1 fully saturated rings. The minimum absolute atomic E-state index is 0.0729. The Labute approximate surface area is 122 Å². The third kappa shape index (κ3) is 4.23. The second-order valence-electron chi connectivity index (χ2n) is 4.78. The zero-order chi connectivity index (χ0) is 15.5. The smallest absolute Gasteiger partial charge is 0.338 e. The largest absolute Gasteiger partial charge is 0.459 e. The van der Waals surface area contributed by atoms with Crippen LogP contribution in [-0.4, -0.2) is 33.7 Å². The predicted molar refractivity (Wildman–Crippen MR) is 71.6 cm³/mol. The number of primary sulfonamides is 1. The van der Waals surface area contributed by atoms with Gasteiger partial charge in [0.25, 0.3) is 0 Å². The van der Waals surface area contributed by atoms with Crippen molar-refractivity contribution in [2.75, 3.05) is 13.2 Å². The molecule has 0 aliphatic carbocycles. The number of nitrogens with two attached hydrogens (primary N) is 1. The lowest BCUT2D eigenvalue weighted by atomic mass is 10.1. The van der Waals surface area contributed by atoms with Crippen molar-refractivity contribution in [2.45, 2.75) is 30.3 Å². The molecule has 116 valence electrons. The minimum atomic E-state index is -4.23. The van der Waals surface area contributed by atoms with Crippen LogP contribution in [0.3, 0.4) is 0 Å². The fourth-order valence-corrected chi connectivity index (χ4v) is 2.67. The summed E-state index contributed by atoms with van der Waals surface area (Å²) < 4.78 is 46.2. The molecule has 0 amide bonds. The number of hydrogen-bond acceptors (Lipinski definition) is 5. The number of ether oxygens (including phenoxy) is 2. The second-order valence-corrected chi connectivity index (χ2v) is 6.31. The summed E-state index contributed by atoms with van der Waals surface area (Å²) in [6.45, 7) is 0.718. The maximum atomic E-state index is 13.4. The van der Waals surface area contributed by atoms with Crippen molar-refractivity contribution >= 4 is 16.0 Å². The Morgan fingerprint density at radius 2 is 2.19 bits per heavy atom. The van der Waals surface area contributed by atoms with Gasteiger partial charge in [-0.1, -0.05) is 0 Å². The Balaban J connectivity index is 2.05. The van der Waals surface area contributed by atoms with Crippen molar-refractivity contribution in [3.8, 4) is 0 Å². The van der Waals surface area contributed by atoms with Crippen LogP contribution in [-0.2, 0) is 19.5 Å². The highest BCUT2D eigenvalue weighted by molar-refractivity contribution is 7.89. The summed E-state index contributed by atoms with van der Waals surface area (Å²) in [6, 6.07) is 2.89. The minimum Gasteiger partial charge on any atom is -0.459 e. The van der Waals surface area contributed by atoms with Crippen molar-refractivity contribution in [1.82, 2.24) is 0 Å². The van der Waals surface area contributed by atoms with Gasteiger partial charge in [-0.05, 0) is 37.5 Å². The maximum absolute atomic E-state index is 13.4. The number of carbonyl (C=O) groups excluding carboxylic acids is 1. The summed E-state index contributed by atoms with van der Waals surface area (Å²) in [5, 5.41) is 4.88. The Bertz CT molecular complexity index is 625. The molecule has 1 atom stereocenters. The Morgan fingerprint density at radius 3 is 2.81 bits per heavy atom. The first kappa shape index (κ1) is 15.9. The molecular weight excluding hydrogens is 301 g/mol.